The molecule has 44 heavy (non-hydrogen) atoms. The summed E-state index contributed by atoms with van der Waals surface area (Å²) in [7, 11) is 0. The van der Waals surface area contributed by atoms with Crippen molar-refractivity contribution in [3.63, 3.8) is 0 Å². The van der Waals surface area contributed by atoms with Crippen molar-refractivity contribution in [2.45, 2.75) is 111 Å². The van der Waals surface area contributed by atoms with Crippen LogP contribution in [0, 0.1) is 0 Å². The molecule has 3 aromatic rings. The summed E-state index contributed by atoms with van der Waals surface area (Å²) < 4.78 is 12.9. The summed E-state index contributed by atoms with van der Waals surface area (Å²) in [6, 6.07) is 7.69. The van der Waals surface area contributed by atoms with Gasteiger partial charge < -0.3 is 19.3 Å². The lowest BCUT2D eigenvalue weighted by molar-refractivity contribution is 0.0595. The molecule has 1 aliphatic rings. The van der Waals surface area contributed by atoms with E-state index < -0.39 is 23.3 Å². The number of carboxylic acid groups (broad SMARTS) is 1. The lowest BCUT2D eigenvalue weighted by atomic mass is 10.1. The number of unbranched alkanes of at least 4 members (excludes halogenated alkanes) is 1. The van der Waals surface area contributed by atoms with Gasteiger partial charge in [0.2, 0.25) is 17.7 Å². The van der Waals surface area contributed by atoms with Crippen LogP contribution in [0.5, 0.6) is 0 Å². The van der Waals surface area contributed by atoms with Crippen molar-refractivity contribution in [2.75, 3.05) is 6.54 Å². The molecule has 0 spiro atoms. The van der Waals surface area contributed by atoms with Gasteiger partial charge in [-0.1, -0.05) is 48.0 Å². The van der Waals surface area contributed by atoms with Gasteiger partial charge in [-0.15, -0.1) is 10.1 Å². The predicted octanol–water partition coefficient (Wildman–Crippen LogP) is 5.80. The van der Waals surface area contributed by atoms with Crippen LogP contribution >= 0.6 is 0 Å². The molecule has 2 amide bonds. The Morgan fingerprint density at radius 1 is 1.16 bits per heavy atom. The Hall–Kier alpha value is -4.29. The number of aliphatic imine (C=N–C) groups is 1. The lowest BCUT2D eigenvalue weighted by Gasteiger charge is -2.39. The first-order valence-corrected chi connectivity index (χ1v) is 15.2. The number of nitrogens with zero attached hydrogens (tertiary/aromatic N) is 8. The van der Waals surface area contributed by atoms with Gasteiger partial charge in [0, 0.05) is 36.3 Å². The molecule has 13 nitrogen and oxygen atoms in total. The van der Waals surface area contributed by atoms with Gasteiger partial charge in [-0.2, -0.15) is 4.98 Å². The van der Waals surface area contributed by atoms with Crippen molar-refractivity contribution in [3.8, 4) is 11.4 Å². The SMILES string of the molecule is CCCCc1cn(Cc2ccc(-c3noc(C[C@@H]4CCCN4C(=NC(=O)OC(C)(C)C)N(C(=O)O)C(C)(C)C)n3)cc2)nn1. The van der Waals surface area contributed by atoms with Crippen molar-refractivity contribution in [1.29, 1.82) is 0 Å². The van der Waals surface area contributed by atoms with E-state index in [0.717, 1.165) is 53.8 Å². The quantitative estimate of drug-likeness (QED) is 0.245. The summed E-state index contributed by atoms with van der Waals surface area (Å²) in [5.41, 5.74) is 1.24. The Morgan fingerprint density at radius 2 is 1.89 bits per heavy atom. The smallest absolute Gasteiger partial charge is 0.437 e. The summed E-state index contributed by atoms with van der Waals surface area (Å²) in [5.74, 6) is 0.905. The molecule has 0 aliphatic carbocycles. The molecule has 1 aromatic carbocycles. The standard InChI is InChI=1S/C31H44N8O5/c1-8-9-11-23-20-37(36-34-23)19-21-13-15-22(16-14-21)26-32-25(44-35-26)18-24-12-10-17-38(24)27(33-28(40)43-31(5,6)7)39(29(41)42)30(2,3)4/h13-16,20,24H,8-12,17-19H2,1-7H3,(H,41,42)/t24-/m0/s1. The van der Waals surface area contributed by atoms with Crippen LogP contribution in [0.2, 0.25) is 0 Å². The predicted molar refractivity (Wildman–Crippen MR) is 164 cm³/mol. The van der Waals surface area contributed by atoms with Gasteiger partial charge in [0.25, 0.3) is 0 Å². The third-order valence-corrected chi connectivity index (χ3v) is 7.09. The van der Waals surface area contributed by atoms with Crippen molar-refractivity contribution in [3.05, 3.63) is 47.6 Å². The molecular weight excluding hydrogens is 564 g/mol. The maximum Gasteiger partial charge on any atom is 0.437 e. The monoisotopic (exact) mass is 608 g/mol. The number of hydrogen-bond acceptors (Lipinski definition) is 8. The first-order valence-electron chi connectivity index (χ1n) is 15.2. The molecule has 1 aliphatic heterocycles. The molecular formula is C31H44N8O5. The zero-order chi connectivity index (χ0) is 32.1. The van der Waals surface area contributed by atoms with E-state index in [0.29, 0.717) is 31.2 Å². The third-order valence-electron chi connectivity index (χ3n) is 7.09. The van der Waals surface area contributed by atoms with Crippen LogP contribution in [-0.4, -0.2) is 81.9 Å². The maximum atomic E-state index is 12.8. The van der Waals surface area contributed by atoms with Crippen molar-refractivity contribution in [1.82, 2.24) is 34.9 Å². The minimum absolute atomic E-state index is 0.0296. The number of guanidine groups is 1. The number of likely N-dealkylation sites (tertiary alicyclic amines) is 1. The molecule has 3 heterocycles. The zero-order valence-electron chi connectivity index (χ0n) is 26.8. The van der Waals surface area contributed by atoms with Crippen LogP contribution in [0.25, 0.3) is 11.4 Å². The Kier molecular flexibility index (Phi) is 10.1. The Bertz CT molecular complexity index is 1450. The molecule has 0 saturated carbocycles. The molecule has 2 aromatic heterocycles. The Balaban J connectivity index is 1.49. The topological polar surface area (TPSA) is 152 Å². The van der Waals surface area contributed by atoms with E-state index >= 15 is 0 Å². The van der Waals surface area contributed by atoms with Crippen LogP contribution in [0.4, 0.5) is 9.59 Å². The fourth-order valence-electron chi connectivity index (χ4n) is 5.08. The third kappa shape index (κ3) is 8.64. The second-order valence-corrected chi connectivity index (χ2v) is 13.1. The van der Waals surface area contributed by atoms with Gasteiger partial charge in [-0.25, -0.2) is 19.2 Å². The molecule has 1 fully saturated rings. The van der Waals surface area contributed by atoms with Crippen molar-refractivity contribution in [2.24, 2.45) is 4.99 Å². The molecule has 0 unspecified atom stereocenters. The number of aryl methyl sites for hydroxylation is 1. The minimum Gasteiger partial charge on any atom is -0.465 e. The van der Waals surface area contributed by atoms with Gasteiger partial charge in [0.05, 0.1) is 12.2 Å². The number of benzene rings is 1. The first kappa shape index (κ1) is 32.6. The summed E-state index contributed by atoms with van der Waals surface area (Å²) in [6.45, 7) is 13.8. The second kappa shape index (κ2) is 13.6. The lowest BCUT2D eigenvalue weighted by Crippen LogP contribution is -2.56. The van der Waals surface area contributed by atoms with Crippen LogP contribution in [0.3, 0.4) is 0 Å². The van der Waals surface area contributed by atoms with Gasteiger partial charge in [-0.3, -0.25) is 0 Å². The Morgan fingerprint density at radius 3 is 2.52 bits per heavy atom. The van der Waals surface area contributed by atoms with Crippen molar-refractivity contribution < 1.29 is 24.0 Å². The van der Waals surface area contributed by atoms with Crippen LogP contribution in [-0.2, 0) is 24.1 Å². The van der Waals surface area contributed by atoms with Crippen LogP contribution < -0.4 is 0 Å². The number of amides is 2. The fraction of sp³-hybridized carbons (Fsp3) is 0.581. The normalized spacial score (nSPS) is 15.9. The van der Waals surface area contributed by atoms with E-state index in [2.05, 4.69) is 32.4 Å². The molecule has 13 heteroatoms. The number of carbonyl (C=O) groups excluding carboxylic acids is 1. The van der Waals surface area contributed by atoms with Gasteiger partial charge in [0.15, 0.2) is 0 Å². The van der Waals surface area contributed by atoms with E-state index in [-0.39, 0.29) is 12.0 Å². The Labute approximate surface area is 258 Å². The highest BCUT2D eigenvalue weighted by Gasteiger charge is 2.39. The summed E-state index contributed by atoms with van der Waals surface area (Å²) in [4.78, 5) is 36.9. The number of ether oxygens (including phenoxy) is 1. The summed E-state index contributed by atoms with van der Waals surface area (Å²) in [5, 5.41) is 22.8. The zero-order valence-corrected chi connectivity index (χ0v) is 26.8. The largest absolute Gasteiger partial charge is 0.465 e. The van der Waals surface area contributed by atoms with Crippen LogP contribution in [0.1, 0.15) is 91.3 Å². The highest BCUT2D eigenvalue weighted by atomic mass is 16.6. The van der Waals surface area contributed by atoms with Crippen LogP contribution in [0.15, 0.2) is 40.0 Å². The first-order chi connectivity index (χ1) is 20.7. The van der Waals surface area contributed by atoms with E-state index in [9.17, 15) is 14.7 Å². The number of rotatable bonds is 8. The highest BCUT2D eigenvalue weighted by molar-refractivity contribution is 5.99. The average molecular weight is 609 g/mol. The van der Waals surface area contributed by atoms with Crippen molar-refractivity contribution >= 4 is 18.1 Å². The molecule has 1 N–H and O–H groups in total. The number of hydrogen-bond donors (Lipinski definition) is 1. The van der Waals surface area contributed by atoms with E-state index in [1.165, 1.54) is 0 Å². The molecule has 0 bridgehead atoms. The molecule has 0 radical (unpaired) electrons. The van der Waals surface area contributed by atoms with E-state index in [4.69, 9.17) is 9.26 Å². The highest BCUT2D eigenvalue weighted by Crippen LogP contribution is 2.27. The van der Waals surface area contributed by atoms with Gasteiger partial charge >= 0.3 is 12.2 Å². The second-order valence-electron chi connectivity index (χ2n) is 13.1. The van der Waals surface area contributed by atoms with Gasteiger partial charge in [0.1, 0.15) is 5.60 Å². The minimum atomic E-state index is -1.21. The molecule has 4 rings (SSSR count). The summed E-state index contributed by atoms with van der Waals surface area (Å²) in [6.07, 6.45) is 4.95. The molecule has 238 valence electrons. The number of aromatic nitrogens is 5. The van der Waals surface area contributed by atoms with E-state index in [1.54, 1.807) is 41.5 Å². The number of carbonyl (C=O) groups is 2. The average Bonchev–Trinajstić information content (AvgIpc) is 3.67. The van der Waals surface area contributed by atoms with E-state index in [1.807, 2.05) is 40.0 Å². The fourth-order valence-corrected chi connectivity index (χ4v) is 5.08. The molecule has 1 atom stereocenters. The summed E-state index contributed by atoms with van der Waals surface area (Å²) >= 11 is 0. The maximum absolute atomic E-state index is 12.8. The molecule has 1 saturated heterocycles. The van der Waals surface area contributed by atoms with Gasteiger partial charge in [-0.05, 0) is 72.8 Å².